The van der Waals surface area contributed by atoms with Crippen LogP contribution >= 0.6 is 0 Å². The van der Waals surface area contributed by atoms with Crippen molar-refractivity contribution in [2.75, 3.05) is 5.32 Å². The predicted octanol–water partition coefficient (Wildman–Crippen LogP) is 6.99. The molecule has 2 heterocycles. The number of nitrogens with one attached hydrogen (secondary N) is 2. The summed E-state index contributed by atoms with van der Waals surface area (Å²) in [6.45, 7) is 1.95. The smallest absolute Gasteiger partial charge is 0.475 e. The standard InChI is InChI=1S/C25H17F3N4O.C2HF3O2/c1-14-5-7-18(31-24(33)16-3-2-4-17(9-16)25(26,27)28)11-20(14)15-6-8-19-21-12-29-13-30-23(21)32-22(19)10-15;3-2(4,5)1(6)7/h2-13H,1H3,(H,31,33)(H,29,30,32);(H,6,7). The van der Waals surface area contributed by atoms with Gasteiger partial charge >= 0.3 is 18.3 Å². The molecular formula is C27H18F6N4O3. The van der Waals surface area contributed by atoms with Gasteiger partial charge in [-0.2, -0.15) is 26.3 Å². The zero-order valence-electron chi connectivity index (χ0n) is 20.4. The monoisotopic (exact) mass is 560 g/mol. The number of fused-ring (bicyclic) bond motifs is 3. The summed E-state index contributed by atoms with van der Waals surface area (Å²) in [5, 5.41) is 11.8. The Bertz CT molecular complexity index is 1730. The van der Waals surface area contributed by atoms with Gasteiger partial charge in [-0.05, 0) is 60.0 Å². The molecule has 13 heteroatoms. The molecular weight excluding hydrogens is 542 g/mol. The minimum atomic E-state index is -5.08. The summed E-state index contributed by atoms with van der Waals surface area (Å²) in [6, 6.07) is 15.7. The van der Waals surface area contributed by atoms with Crippen LogP contribution in [-0.2, 0) is 11.0 Å². The Hall–Kier alpha value is -4.94. The largest absolute Gasteiger partial charge is 0.490 e. The van der Waals surface area contributed by atoms with Crippen LogP contribution < -0.4 is 5.32 Å². The molecule has 0 aliphatic carbocycles. The number of nitrogens with zero attached hydrogens (tertiary/aromatic N) is 2. The number of halogens is 6. The zero-order chi connectivity index (χ0) is 29.2. The number of amides is 1. The van der Waals surface area contributed by atoms with Crippen LogP contribution in [0.3, 0.4) is 0 Å². The molecule has 3 aromatic carbocycles. The van der Waals surface area contributed by atoms with Crippen molar-refractivity contribution in [2.24, 2.45) is 0 Å². The molecule has 0 fully saturated rings. The number of H-pyrrole nitrogens is 1. The van der Waals surface area contributed by atoms with Crippen LogP contribution in [-0.4, -0.2) is 38.1 Å². The van der Waals surface area contributed by atoms with Crippen molar-refractivity contribution in [3.05, 3.63) is 89.9 Å². The van der Waals surface area contributed by atoms with Crippen LogP contribution in [0.5, 0.6) is 0 Å². The number of rotatable bonds is 3. The summed E-state index contributed by atoms with van der Waals surface area (Å²) in [7, 11) is 0. The van der Waals surface area contributed by atoms with Crippen molar-refractivity contribution in [1.82, 2.24) is 15.0 Å². The molecule has 0 aliphatic heterocycles. The zero-order valence-corrected chi connectivity index (χ0v) is 20.4. The number of carboxylic acid groups (broad SMARTS) is 1. The number of carbonyl (C=O) groups excluding carboxylic acids is 1. The number of carboxylic acids is 1. The van der Waals surface area contributed by atoms with E-state index in [9.17, 15) is 31.1 Å². The lowest BCUT2D eigenvalue weighted by Crippen LogP contribution is -2.21. The molecule has 1 amide bonds. The van der Waals surface area contributed by atoms with E-state index in [-0.39, 0.29) is 5.56 Å². The first-order chi connectivity index (χ1) is 18.7. The van der Waals surface area contributed by atoms with E-state index >= 15 is 0 Å². The maximum absolute atomic E-state index is 13.0. The van der Waals surface area contributed by atoms with Gasteiger partial charge in [0.25, 0.3) is 5.91 Å². The van der Waals surface area contributed by atoms with Crippen molar-refractivity contribution in [3.63, 3.8) is 0 Å². The molecule has 0 spiro atoms. The maximum Gasteiger partial charge on any atom is 0.490 e. The highest BCUT2D eigenvalue weighted by Crippen LogP contribution is 2.32. The minimum Gasteiger partial charge on any atom is -0.475 e. The summed E-state index contributed by atoms with van der Waals surface area (Å²) in [5.41, 5.74) is 4.02. The molecule has 0 saturated carbocycles. The van der Waals surface area contributed by atoms with E-state index in [1.54, 1.807) is 12.3 Å². The van der Waals surface area contributed by atoms with E-state index < -0.39 is 29.8 Å². The average molecular weight is 560 g/mol. The van der Waals surface area contributed by atoms with Gasteiger partial charge in [0.2, 0.25) is 0 Å². The third-order valence-corrected chi connectivity index (χ3v) is 5.78. The first-order valence-electron chi connectivity index (χ1n) is 11.4. The number of anilines is 1. The van der Waals surface area contributed by atoms with Crippen LogP contribution in [0.1, 0.15) is 21.5 Å². The van der Waals surface area contributed by atoms with Crippen LogP contribution in [0.25, 0.3) is 33.1 Å². The lowest BCUT2D eigenvalue weighted by molar-refractivity contribution is -0.192. The lowest BCUT2D eigenvalue weighted by Gasteiger charge is -2.12. The van der Waals surface area contributed by atoms with Crippen LogP contribution in [0.2, 0.25) is 0 Å². The highest BCUT2D eigenvalue weighted by Gasteiger charge is 2.38. The molecule has 0 saturated heterocycles. The molecule has 5 aromatic rings. The topological polar surface area (TPSA) is 108 Å². The first kappa shape index (κ1) is 28.1. The van der Waals surface area contributed by atoms with Crippen molar-refractivity contribution >= 4 is 39.5 Å². The summed E-state index contributed by atoms with van der Waals surface area (Å²) in [6.07, 6.45) is -6.35. The average Bonchev–Trinajstić information content (AvgIpc) is 3.27. The minimum absolute atomic E-state index is 0.0624. The first-order valence-corrected chi connectivity index (χ1v) is 11.4. The Morgan fingerprint density at radius 2 is 1.65 bits per heavy atom. The van der Waals surface area contributed by atoms with Gasteiger partial charge in [-0.1, -0.05) is 24.3 Å². The highest BCUT2D eigenvalue weighted by atomic mass is 19.4. The summed E-state index contributed by atoms with van der Waals surface area (Å²) < 4.78 is 70.7. The molecule has 3 N–H and O–H groups in total. The van der Waals surface area contributed by atoms with Gasteiger partial charge in [0, 0.05) is 33.7 Å². The van der Waals surface area contributed by atoms with E-state index in [4.69, 9.17) is 9.90 Å². The Morgan fingerprint density at radius 1 is 0.925 bits per heavy atom. The van der Waals surface area contributed by atoms with Crippen molar-refractivity contribution < 1.29 is 41.0 Å². The number of hydrogen-bond donors (Lipinski definition) is 3. The van der Waals surface area contributed by atoms with Gasteiger partial charge in [0.05, 0.1) is 5.56 Å². The molecule has 0 unspecified atom stereocenters. The molecule has 0 aliphatic rings. The van der Waals surface area contributed by atoms with E-state index in [0.29, 0.717) is 5.69 Å². The lowest BCUT2D eigenvalue weighted by atomic mass is 9.98. The van der Waals surface area contributed by atoms with Gasteiger partial charge < -0.3 is 15.4 Å². The molecule has 40 heavy (non-hydrogen) atoms. The van der Waals surface area contributed by atoms with Crippen molar-refractivity contribution in [3.8, 4) is 11.1 Å². The number of hydrogen-bond acceptors (Lipinski definition) is 4. The number of benzene rings is 3. The summed E-state index contributed by atoms with van der Waals surface area (Å²) in [4.78, 5) is 33.1. The second kappa shape index (κ2) is 10.7. The normalized spacial score (nSPS) is 11.7. The number of carbonyl (C=O) groups is 2. The SMILES string of the molecule is Cc1ccc(NC(=O)c2cccc(C(F)(F)F)c2)cc1-c1ccc2c(c1)[nH]c1ncncc12.O=C(O)C(F)(F)F. The molecule has 0 bridgehead atoms. The second-order valence-electron chi connectivity index (χ2n) is 8.54. The van der Waals surface area contributed by atoms with E-state index in [2.05, 4.69) is 20.3 Å². The Morgan fingerprint density at radius 3 is 2.33 bits per heavy atom. The summed E-state index contributed by atoms with van der Waals surface area (Å²) >= 11 is 0. The van der Waals surface area contributed by atoms with E-state index in [1.165, 1.54) is 18.5 Å². The number of aryl methyl sites for hydroxylation is 1. The van der Waals surface area contributed by atoms with Gasteiger partial charge in [-0.25, -0.2) is 14.8 Å². The molecule has 5 rings (SSSR count). The third kappa shape index (κ3) is 6.20. The van der Waals surface area contributed by atoms with Gasteiger partial charge in [0.15, 0.2) is 0 Å². The number of alkyl halides is 6. The quantitative estimate of drug-likeness (QED) is 0.206. The number of aromatic amines is 1. The molecule has 0 atom stereocenters. The fourth-order valence-corrected chi connectivity index (χ4v) is 3.85. The highest BCUT2D eigenvalue weighted by molar-refractivity contribution is 6.07. The molecule has 206 valence electrons. The second-order valence-corrected chi connectivity index (χ2v) is 8.54. The van der Waals surface area contributed by atoms with Crippen LogP contribution in [0.15, 0.2) is 73.2 Å². The maximum atomic E-state index is 13.0. The summed E-state index contributed by atoms with van der Waals surface area (Å²) in [5.74, 6) is -3.37. The van der Waals surface area contributed by atoms with Crippen LogP contribution in [0.4, 0.5) is 32.0 Å². The molecule has 2 aromatic heterocycles. The fraction of sp³-hybridized carbons (Fsp3) is 0.111. The van der Waals surface area contributed by atoms with Gasteiger partial charge in [-0.3, -0.25) is 4.79 Å². The van der Waals surface area contributed by atoms with Crippen LogP contribution in [0, 0.1) is 6.92 Å². The van der Waals surface area contributed by atoms with Crippen molar-refractivity contribution in [1.29, 1.82) is 0 Å². The van der Waals surface area contributed by atoms with Crippen molar-refractivity contribution in [2.45, 2.75) is 19.3 Å². The number of aromatic nitrogens is 3. The van der Waals surface area contributed by atoms with E-state index in [0.717, 1.165) is 50.8 Å². The Balaban J connectivity index is 0.000000470. The Labute approximate surface area is 221 Å². The van der Waals surface area contributed by atoms with Gasteiger partial charge in [0.1, 0.15) is 12.0 Å². The molecule has 7 nitrogen and oxygen atoms in total. The fourth-order valence-electron chi connectivity index (χ4n) is 3.85. The Kier molecular flexibility index (Phi) is 7.49. The molecule has 0 radical (unpaired) electrons. The van der Waals surface area contributed by atoms with Gasteiger partial charge in [-0.15, -0.1) is 0 Å². The predicted molar refractivity (Wildman–Crippen MR) is 135 cm³/mol. The number of aliphatic carboxylic acids is 1. The van der Waals surface area contributed by atoms with E-state index in [1.807, 2.05) is 37.3 Å². The third-order valence-electron chi connectivity index (χ3n) is 5.78.